The van der Waals surface area contributed by atoms with E-state index in [0.29, 0.717) is 18.0 Å². The van der Waals surface area contributed by atoms with Gasteiger partial charge in [-0.15, -0.1) is 0 Å². The van der Waals surface area contributed by atoms with Gasteiger partial charge in [-0.1, -0.05) is 0 Å². The van der Waals surface area contributed by atoms with Crippen LogP contribution in [0.15, 0.2) is 47.2 Å². The first kappa shape index (κ1) is 16.6. The lowest BCUT2D eigenvalue weighted by Gasteiger charge is -2.15. The molecule has 130 valence electrons. The summed E-state index contributed by atoms with van der Waals surface area (Å²) in [6.45, 7) is 2.21. The number of aromatic hydroxyl groups is 1. The predicted molar refractivity (Wildman–Crippen MR) is 91.0 cm³/mol. The first-order valence-corrected chi connectivity index (χ1v) is 7.71. The highest BCUT2D eigenvalue weighted by Crippen LogP contribution is 2.22. The fourth-order valence-corrected chi connectivity index (χ4v) is 2.47. The molecule has 0 aliphatic heterocycles. The molecule has 1 aromatic carbocycles. The lowest BCUT2D eigenvalue weighted by molar-refractivity contribution is 0.0775. The van der Waals surface area contributed by atoms with Gasteiger partial charge in [0.15, 0.2) is 11.4 Å². The molecule has 0 radical (unpaired) electrons. The topological polar surface area (TPSA) is 80.7 Å². The number of hydrogen-bond acceptors (Lipinski definition) is 5. The van der Waals surface area contributed by atoms with E-state index in [2.05, 4.69) is 5.10 Å². The van der Waals surface area contributed by atoms with E-state index in [1.807, 2.05) is 13.0 Å². The number of rotatable bonds is 5. The zero-order chi connectivity index (χ0) is 18.0. The zero-order valence-electron chi connectivity index (χ0n) is 14.3. The quantitative estimate of drug-likeness (QED) is 0.772. The Morgan fingerprint density at radius 2 is 2.04 bits per heavy atom. The average Bonchev–Trinajstić information content (AvgIpc) is 3.20. The Bertz CT molecular complexity index is 880. The van der Waals surface area contributed by atoms with Crippen LogP contribution >= 0.6 is 0 Å². The summed E-state index contributed by atoms with van der Waals surface area (Å²) in [5.41, 5.74) is 1.62. The largest absolute Gasteiger partial charge is 0.504 e. The number of carbonyl (C=O) groups is 1. The van der Waals surface area contributed by atoms with E-state index in [9.17, 15) is 9.90 Å². The third-order valence-electron chi connectivity index (χ3n) is 3.95. The van der Waals surface area contributed by atoms with E-state index in [1.165, 1.54) is 15.8 Å². The average molecular weight is 341 g/mol. The fourth-order valence-electron chi connectivity index (χ4n) is 2.47. The van der Waals surface area contributed by atoms with Crippen LogP contribution < -0.4 is 4.74 Å². The van der Waals surface area contributed by atoms with Crippen molar-refractivity contribution >= 4 is 5.91 Å². The monoisotopic (exact) mass is 341 g/mol. The maximum Gasteiger partial charge on any atom is 0.278 e. The van der Waals surface area contributed by atoms with E-state index in [0.717, 1.165) is 11.3 Å². The van der Waals surface area contributed by atoms with E-state index in [1.54, 1.807) is 44.7 Å². The van der Waals surface area contributed by atoms with Crippen LogP contribution in [0.1, 0.15) is 21.8 Å². The van der Waals surface area contributed by atoms with Crippen LogP contribution in [0.5, 0.6) is 11.5 Å². The van der Waals surface area contributed by atoms with Crippen LogP contribution in [0.3, 0.4) is 0 Å². The number of amides is 1. The molecular formula is C18H19N3O4. The minimum atomic E-state index is -0.370. The molecule has 2 aromatic heterocycles. The molecule has 0 bridgehead atoms. The normalized spacial score (nSPS) is 10.7. The second-order valence-corrected chi connectivity index (χ2v) is 5.67. The molecule has 0 saturated heterocycles. The number of methoxy groups -OCH3 is 1. The van der Waals surface area contributed by atoms with Crippen LogP contribution in [0.4, 0.5) is 0 Å². The number of hydrogen-bond donors (Lipinski definition) is 1. The molecule has 2 heterocycles. The van der Waals surface area contributed by atoms with Crippen molar-refractivity contribution in [3.63, 3.8) is 0 Å². The molecule has 0 fully saturated rings. The van der Waals surface area contributed by atoms with E-state index in [4.69, 9.17) is 9.15 Å². The maximum atomic E-state index is 12.6. The Morgan fingerprint density at radius 1 is 1.32 bits per heavy atom. The Kier molecular flexibility index (Phi) is 4.47. The molecule has 7 nitrogen and oxygen atoms in total. The summed E-state index contributed by atoms with van der Waals surface area (Å²) in [6.07, 6.45) is 2.99. The Balaban J connectivity index is 1.81. The number of aryl methyl sites for hydroxylation is 1. The first-order valence-electron chi connectivity index (χ1n) is 7.71. The van der Waals surface area contributed by atoms with Gasteiger partial charge in [-0.3, -0.25) is 4.79 Å². The Labute approximate surface area is 145 Å². The number of nitrogens with zero attached hydrogens (tertiary/aromatic N) is 3. The van der Waals surface area contributed by atoms with Crippen molar-refractivity contribution in [2.45, 2.75) is 13.5 Å². The summed E-state index contributed by atoms with van der Waals surface area (Å²) in [5, 5.41) is 14.3. The van der Waals surface area contributed by atoms with Crippen molar-refractivity contribution in [3.05, 3.63) is 59.8 Å². The van der Waals surface area contributed by atoms with Gasteiger partial charge in [0, 0.05) is 19.2 Å². The van der Waals surface area contributed by atoms with Crippen LogP contribution in [0.2, 0.25) is 0 Å². The summed E-state index contributed by atoms with van der Waals surface area (Å²) in [5.74, 6) is 0.932. The lowest BCUT2D eigenvalue weighted by atomic mass is 10.2. The van der Waals surface area contributed by atoms with Gasteiger partial charge < -0.3 is 19.2 Å². The maximum absolute atomic E-state index is 12.6. The highest BCUT2D eigenvalue weighted by molar-refractivity contribution is 5.94. The molecule has 0 spiro atoms. The second-order valence-electron chi connectivity index (χ2n) is 5.67. The molecule has 0 unspecified atom stereocenters. The lowest BCUT2D eigenvalue weighted by Crippen LogP contribution is -2.27. The van der Waals surface area contributed by atoms with Crippen LogP contribution in [0, 0.1) is 6.92 Å². The highest BCUT2D eigenvalue weighted by Gasteiger charge is 2.21. The van der Waals surface area contributed by atoms with Crippen molar-refractivity contribution in [2.75, 3.05) is 14.2 Å². The number of benzene rings is 1. The molecule has 25 heavy (non-hydrogen) atoms. The molecule has 0 aliphatic carbocycles. The zero-order valence-corrected chi connectivity index (χ0v) is 14.3. The summed E-state index contributed by atoms with van der Waals surface area (Å²) in [6, 6.07) is 8.96. The van der Waals surface area contributed by atoms with Crippen molar-refractivity contribution in [2.24, 2.45) is 0 Å². The third kappa shape index (κ3) is 3.35. The standard InChI is InChI=1S/C18H19N3O4/c1-12-13(8-9-25-12)10-20(2)18(23)17-16(22)11-21(19-17)14-4-6-15(24-3)7-5-14/h4-9,11,22H,10H2,1-3H3. The van der Waals surface area contributed by atoms with Gasteiger partial charge in [0.25, 0.3) is 5.91 Å². The fraction of sp³-hybridized carbons (Fsp3) is 0.222. The Morgan fingerprint density at radius 3 is 2.64 bits per heavy atom. The number of carbonyl (C=O) groups excluding carboxylic acids is 1. The second kappa shape index (κ2) is 6.72. The van der Waals surface area contributed by atoms with Crippen molar-refractivity contribution in [1.82, 2.24) is 14.7 Å². The molecule has 1 amide bonds. The van der Waals surface area contributed by atoms with Gasteiger partial charge in [0.05, 0.1) is 25.3 Å². The summed E-state index contributed by atoms with van der Waals surface area (Å²) in [7, 11) is 3.24. The Hall–Kier alpha value is -3.22. The minimum Gasteiger partial charge on any atom is -0.504 e. The summed E-state index contributed by atoms with van der Waals surface area (Å²) in [4.78, 5) is 14.1. The third-order valence-corrected chi connectivity index (χ3v) is 3.95. The van der Waals surface area contributed by atoms with Gasteiger partial charge in [-0.25, -0.2) is 4.68 Å². The molecular weight excluding hydrogens is 322 g/mol. The van der Waals surface area contributed by atoms with Gasteiger partial charge in [0.1, 0.15) is 11.5 Å². The summed E-state index contributed by atoms with van der Waals surface area (Å²) < 4.78 is 11.8. The smallest absolute Gasteiger partial charge is 0.278 e. The van der Waals surface area contributed by atoms with Gasteiger partial charge in [-0.05, 0) is 37.3 Å². The molecule has 3 rings (SSSR count). The van der Waals surface area contributed by atoms with Crippen molar-refractivity contribution in [1.29, 1.82) is 0 Å². The van der Waals surface area contributed by atoms with Crippen LogP contribution in [-0.2, 0) is 6.54 Å². The van der Waals surface area contributed by atoms with Gasteiger partial charge in [0.2, 0.25) is 0 Å². The molecule has 3 aromatic rings. The van der Waals surface area contributed by atoms with E-state index >= 15 is 0 Å². The minimum absolute atomic E-state index is 0.000494. The molecule has 0 aliphatic rings. The number of ether oxygens (including phenoxy) is 1. The van der Waals surface area contributed by atoms with E-state index in [-0.39, 0.29) is 17.4 Å². The summed E-state index contributed by atoms with van der Waals surface area (Å²) >= 11 is 0. The van der Waals surface area contributed by atoms with E-state index < -0.39 is 0 Å². The van der Waals surface area contributed by atoms with Gasteiger partial charge >= 0.3 is 0 Å². The molecule has 0 saturated carbocycles. The highest BCUT2D eigenvalue weighted by atomic mass is 16.5. The van der Waals surface area contributed by atoms with Crippen LogP contribution in [0.25, 0.3) is 5.69 Å². The molecule has 1 N–H and O–H groups in total. The first-order chi connectivity index (χ1) is 12.0. The number of aromatic nitrogens is 2. The van der Waals surface area contributed by atoms with Crippen molar-refractivity contribution in [3.8, 4) is 17.2 Å². The SMILES string of the molecule is COc1ccc(-n2cc(O)c(C(=O)N(C)Cc3ccoc3C)n2)cc1. The number of furan rings is 1. The van der Waals surface area contributed by atoms with Crippen LogP contribution in [-0.4, -0.2) is 39.9 Å². The molecule has 7 heteroatoms. The molecule has 0 atom stereocenters. The predicted octanol–water partition coefficient (Wildman–Crippen LogP) is 2.76. The van der Waals surface area contributed by atoms with Gasteiger partial charge in [-0.2, -0.15) is 5.10 Å². The van der Waals surface area contributed by atoms with Crippen molar-refractivity contribution < 1.29 is 19.1 Å².